The highest BCUT2D eigenvalue weighted by atomic mass is 32.2. The van der Waals surface area contributed by atoms with Crippen LogP contribution in [0.2, 0.25) is 0 Å². The number of halogens is 1. The lowest BCUT2D eigenvalue weighted by atomic mass is 10.1. The lowest BCUT2D eigenvalue weighted by Gasteiger charge is -2.38. The minimum atomic E-state index is -3.88. The van der Waals surface area contributed by atoms with Gasteiger partial charge in [0.15, 0.2) is 0 Å². The van der Waals surface area contributed by atoms with E-state index >= 15 is 0 Å². The first-order chi connectivity index (χ1) is 18.0. The average Bonchev–Trinajstić information content (AvgIpc) is 2.89. The van der Waals surface area contributed by atoms with Crippen molar-refractivity contribution < 1.29 is 17.6 Å². The van der Waals surface area contributed by atoms with Gasteiger partial charge < -0.3 is 10.2 Å². The Morgan fingerprint density at radius 3 is 2.13 bits per heavy atom. The van der Waals surface area contributed by atoms with E-state index in [2.05, 4.69) is 33.7 Å². The summed E-state index contributed by atoms with van der Waals surface area (Å²) >= 11 is 0. The number of benzene rings is 3. The van der Waals surface area contributed by atoms with E-state index in [0.29, 0.717) is 17.3 Å². The van der Waals surface area contributed by atoms with E-state index in [0.717, 1.165) is 43.0 Å². The maximum Gasteiger partial charge on any atom is 0.261 e. The second kappa shape index (κ2) is 11.5. The standard InChI is InChI=1S/C29H35FN4O3S/c1-20(2)33-15-17-34(18-16-33)28-14-9-24(29(35)31-22(4)23-7-10-25(30)11-8-23)19-27(28)32-38(36,37)26-12-5-21(3)6-13-26/h5-14,19-20,22,32H,15-18H2,1-4H3,(H,31,35). The molecule has 3 aromatic carbocycles. The number of amides is 1. The molecule has 1 amide bonds. The van der Waals surface area contributed by atoms with Crippen LogP contribution in [0, 0.1) is 12.7 Å². The normalized spacial score (nSPS) is 15.4. The molecule has 1 unspecified atom stereocenters. The SMILES string of the molecule is Cc1ccc(S(=O)(=O)Nc2cc(C(=O)NC(C)c3ccc(F)cc3)ccc2N2CCN(C(C)C)CC2)cc1. The largest absolute Gasteiger partial charge is 0.367 e. The van der Waals surface area contributed by atoms with Gasteiger partial charge in [-0.05, 0) is 75.7 Å². The molecule has 0 saturated carbocycles. The van der Waals surface area contributed by atoms with Crippen molar-refractivity contribution in [3.8, 4) is 0 Å². The second-order valence-corrected chi connectivity index (χ2v) is 11.7. The van der Waals surface area contributed by atoms with Crippen molar-refractivity contribution in [2.24, 2.45) is 0 Å². The number of carbonyl (C=O) groups excluding carboxylic acids is 1. The molecule has 0 spiro atoms. The van der Waals surface area contributed by atoms with E-state index in [1.807, 2.05) is 13.8 Å². The fourth-order valence-corrected chi connectivity index (χ4v) is 5.62. The molecule has 1 heterocycles. The van der Waals surface area contributed by atoms with Crippen LogP contribution in [-0.2, 0) is 10.0 Å². The van der Waals surface area contributed by atoms with E-state index in [-0.39, 0.29) is 22.7 Å². The van der Waals surface area contributed by atoms with Gasteiger partial charge >= 0.3 is 0 Å². The van der Waals surface area contributed by atoms with Crippen molar-refractivity contribution in [2.45, 2.75) is 44.7 Å². The van der Waals surface area contributed by atoms with Crippen molar-refractivity contribution in [2.75, 3.05) is 35.8 Å². The summed E-state index contributed by atoms with van der Waals surface area (Å²) in [6.45, 7) is 11.2. The zero-order valence-electron chi connectivity index (χ0n) is 22.2. The van der Waals surface area contributed by atoms with Crippen LogP contribution in [-0.4, -0.2) is 51.4 Å². The van der Waals surface area contributed by atoms with Crippen molar-refractivity contribution in [3.63, 3.8) is 0 Å². The number of sulfonamides is 1. The Morgan fingerprint density at radius 1 is 0.895 bits per heavy atom. The highest BCUT2D eigenvalue weighted by molar-refractivity contribution is 7.92. The maximum absolute atomic E-state index is 13.3. The molecule has 3 aromatic rings. The summed E-state index contributed by atoms with van der Waals surface area (Å²) in [6.07, 6.45) is 0. The molecule has 1 atom stereocenters. The van der Waals surface area contributed by atoms with Crippen molar-refractivity contribution in [1.82, 2.24) is 10.2 Å². The van der Waals surface area contributed by atoms with Crippen LogP contribution in [0.5, 0.6) is 0 Å². The van der Waals surface area contributed by atoms with Crippen LogP contribution in [0.25, 0.3) is 0 Å². The zero-order chi connectivity index (χ0) is 27.4. The molecule has 1 saturated heterocycles. The number of carbonyl (C=O) groups is 1. The molecule has 7 nitrogen and oxygen atoms in total. The molecule has 4 rings (SSSR count). The Kier molecular flexibility index (Phi) is 8.38. The van der Waals surface area contributed by atoms with Gasteiger partial charge in [0.1, 0.15) is 5.82 Å². The molecule has 202 valence electrons. The molecule has 1 fully saturated rings. The highest BCUT2D eigenvalue weighted by Crippen LogP contribution is 2.31. The minimum Gasteiger partial charge on any atom is -0.367 e. The van der Waals surface area contributed by atoms with E-state index < -0.39 is 10.0 Å². The van der Waals surface area contributed by atoms with Crippen molar-refractivity contribution in [3.05, 3.63) is 89.2 Å². The van der Waals surface area contributed by atoms with Gasteiger partial charge in [-0.25, -0.2) is 12.8 Å². The van der Waals surface area contributed by atoms with Gasteiger partial charge in [0, 0.05) is 37.8 Å². The first-order valence-electron chi connectivity index (χ1n) is 12.8. The predicted octanol–water partition coefficient (Wildman–Crippen LogP) is 4.96. The summed E-state index contributed by atoms with van der Waals surface area (Å²) in [4.78, 5) is 17.8. The number of piperazine rings is 1. The van der Waals surface area contributed by atoms with Gasteiger partial charge in [-0.2, -0.15) is 0 Å². The molecular weight excluding hydrogens is 503 g/mol. The number of hydrogen-bond acceptors (Lipinski definition) is 5. The first-order valence-corrected chi connectivity index (χ1v) is 14.3. The van der Waals surface area contributed by atoms with Crippen molar-refractivity contribution in [1.29, 1.82) is 0 Å². The summed E-state index contributed by atoms with van der Waals surface area (Å²) in [5, 5.41) is 2.92. The molecule has 0 bridgehead atoms. The summed E-state index contributed by atoms with van der Waals surface area (Å²) in [5.74, 6) is -0.698. The first kappa shape index (κ1) is 27.6. The fraction of sp³-hybridized carbons (Fsp3) is 0.345. The molecule has 1 aliphatic heterocycles. The molecule has 1 aliphatic rings. The van der Waals surface area contributed by atoms with Crippen molar-refractivity contribution >= 4 is 27.3 Å². The lowest BCUT2D eigenvalue weighted by Crippen LogP contribution is -2.49. The van der Waals surface area contributed by atoms with Gasteiger partial charge in [0.25, 0.3) is 15.9 Å². The van der Waals surface area contributed by atoms with Gasteiger partial charge in [-0.1, -0.05) is 29.8 Å². The third kappa shape index (κ3) is 6.52. The van der Waals surface area contributed by atoms with Crippen LogP contribution >= 0.6 is 0 Å². The number of hydrogen-bond donors (Lipinski definition) is 2. The minimum absolute atomic E-state index is 0.151. The highest BCUT2D eigenvalue weighted by Gasteiger charge is 2.24. The third-order valence-corrected chi connectivity index (χ3v) is 8.32. The Balaban J connectivity index is 1.62. The molecular formula is C29H35FN4O3S. The second-order valence-electron chi connectivity index (χ2n) is 10.0. The van der Waals surface area contributed by atoms with Crippen LogP contribution in [0.1, 0.15) is 48.3 Å². The maximum atomic E-state index is 13.3. The number of nitrogens with zero attached hydrogens (tertiary/aromatic N) is 2. The van der Waals surface area contributed by atoms with E-state index in [1.54, 1.807) is 54.6 Å². The Morgan fingerprint density at radius 2 is 1.53 bits per heavy atom. The van der Waals surface area contributed by atoms with E-state index in [9.17, 15) is 17.6 Å². The topological polar surface area (TPSA) is 81.7 Å². The van der Waals surface area contributed by atoms with Gasteiger partial charge in [-0.15, -0.1) is 0 Å². The van der Waals surface area contributed by atoms with Crippen LogP contribution in [0.4, 0.5) is 15.8 Å². The quantitative estimate of drug-likeness (QED) is 0.424. The lowest BCUT2D eigenvalue weighted by molar-refractivity contribution is 0.0940. The van der Waals surface area contributed by atoms with Crippen LogP contribution < -0.4 is 14.9 Å². The Bertz CT molecular complexity index is 1370. The van der Waals surface area contributed by atoms with Crippen LogP contribution in [0.15, 0.2) is 71.6 Å². The molecule has 38 heavy (non-hydrogen) atoms. The fourth-order valence-electron chi connectivity index (χ4n) is 4.55. The monoisotopic (exact) mass is 538 g/mol. The Labute approximate surface area is 224 Å². The number of nitrogens with one attached hydrogen (secondary N) is 2. The average molecular weight is 539 g/mol. The molecule has 0 aromatic heterocycles. The van der Waals surface area contributed by atoms with Gasteiger partial charge in [-0.3, -0.25) is 14.4 Å². The van der Waals surface area contributed by atoms with E-state index in [4.69, 9.17) is 0 Å². The number of rotatable bonds is 8. The molecule has 0 aliphatic carbocycles. The predicted molar refractivity (Wildman–Crippen MR) is 150 cm³/mol. The third-order valence-electron chi connectivity index (χ3n) is 6.94. The van der Waals surface area contributed by atoms with Crippen LogP contribution in [0.3, 0.4) is 0 Å². The van der Waals surface area contributed by atoms with Gasteiger partial charge in [0.2, 0.25) is 0 Å². The smallest absolute Gasteiger partial charge is 0.261 e. The summed E-state index contributed by atoms with van der Waals surface area (Å²) < 4.78 is 42.6. The Hall–Kier alpha value is -3.43. The molecule has 2 N–H and O–H groups in total. The van der Waals surface area contributed by atoms with E-state index in [1.165, 1.54) is 12.1 Å². The molecule has 9 heteroatoms. The van der Waals surface area contributed by atoms with Gasteiger partial charge in [0.05, 0.1) is 22.3 Å². The molecule has 0 radical (unpaired) electrons. The summed E-state index contributed by atoms with van der Waals surface area (Å²) in [7, 11) is -3.88. The number of anilines is 2. The summed E-state index contributed by atoms with van der Waals surface area (Å²) in [5.41, 5.74) is 3.13. The zero-order valence-corrected chi connectivity index (χ0v) is 23.1. The summed E-state index contributed by atoms with van der Waals surface area (Å²) in [6, 6.07) is 17.8. The number of aryl methyl sites for hydroxylation is 1.